The third-order valence-corrected chi connectivity index (χ3v) is 2.87. The summed E-state index contributed by atoms with van der Waals surface area (Å²) in [5, 5.41) is 11.9. The van der Waals surface area contributed by atoms with E-state index in [1.54, 1.807) is 6.19 Å². The van der Waals surface area contributed by atoms with E-state index in [2.05, 4.69) is 37.0 Å². The first kappa shape index (κ1) is 8.43. The van der Waals surface area contributed by atoms with Gasteiger partial charge in [0.1, 0.15) is 4.47 Å². The average Bonchev–Trinajstić information content (AvgIpc) is 2.01. The summed E-state index contributed by atoms with van der Waals surface area (Å²) >= 11 is 6.08. The molecular weight excluding hydrogens is 278 g/mol. The van der Waals surface area contributed by atoms with Crippen LogP contribution in [-0.4, -0.2) is 9.78 Å². The number of nitriles is 1. The van der Waals surface area contributed by atoms with Crippen LogP contribution >= 0.6 is 31.9 Å². The van der Waals surface area contributed by atoms with Gasteiger partial charge in [0, 0.05) is 0 Å². The van der Waals surface area contributed by atoms with Crippen LogP contribution in [0.5, 0.6) is 0 Å². The summed E-state index contributed by atoms with van der Waals surface area (Å²) in [4.78, 5) is 11.0. The van der Waals surface area contributed by atoms with Crippen molar-refractivity contribution in [2.45, 2.75) is 0 Å². The van der Waals surface area contributed by atoms with Crippen LogP contribution in [0, 0.1) is 11.5 Å². The Morgan fingerprint density at radius 1 is 1.64 bits per heavy atom. The fourth-order valence-electron chi connectivity index (χ4n) is 0.484. The van der Waals surface area contributed by atoms with Crippen molar-refractivity contribution in [3.8, 4) is 6.19 Å². The molecule has 0 unspecified atom stereocenters. The summed E-state index contributed by atoms with van der Waals surface area (Å²) in [6.45, 7) is 0. The predicted molar refractivity (Wildman–Crippen MR) is 44.9 cm³/mol. The Bertz CT molecular complexity index is 378. The third-order valence-electron chi connectivity index (χ3n) is 0.971. The summed E-state index contributed by atoms with van der Waals surface area (Å²) in [6, 6.07) is 0. The predicted octanol–water partition coefficient (Wildman–Crippen LogP) is 1.10. The van der Waals surface area contributed by atoms with E-state index in [1.807, 2.05) is 0 Å². The normalized spacial score (nSPS) is 9.18. The fourth-order valence-corrected chi connectivity index (χ4v) is 1.02. The summed E-state index contributed by atoms with van der Waals surface area (Å²) in [5.74, 6) is 0. The first-order chi connectivity index (χ1) is 5.16. The minimum absolute atomic E-state index is 0.300. The summed E-state index contributed by atoms with van der Waals surface area (Å²) in [6.07, 6.45) is 2.98. The largest absolute Gasteiger partial charge is 0.296 e. The van der Waals surface area contributed by atoms with Gasteiger partial charge in [-0.05, 0) is 31.9 Å². The summed E-state index contributed by atoms with van der Waals surface area (Å²) < 4.78 is 1.53. The molecule has 0 aliphatic rings. The lowest BCUT2D eigenvalue weighted by molar-refractivity contribution is 0.811. The molecule has 1 aromatic rings. The second-order valence-electron chi connectivity index (χ2n) is 1.62. The molecule has 0 N–H and O–H groups in total. The molecular formula is C5HBr2N3O. The van der Waals surface area contributed by atoms with E-state index in [0.29, 0.717) is 13.6 Å². The molecule has 0 aliphatic carbocycles. The van der Waals surface area contributed by atoms with Crippen LogP contribution in [0.4, 0.5) is 0 Å². The minimum Gasteiger partial charge on any atom is -0.265 e. The van der Waals surface area contributed by atoms with Gasteiger partial charge in [-0.15, -0.1) is 4.68 Å². The van der Waals surface area contributed by atoms with E-state index in [-0.39, 0.29) is 0 Å². The number of halogens is 2. The van der Waals surface area contributed by atoms with Gasteiger partial charge in [0.05, 0.1) is 10.7 Å². The maximum absolute atomic E-state index is 11.0. The Hall–Kier alpha value is -0.670. The Morgan fingerprint density at radius 2 is 2.27 bits per heavy atom. The van der Waals surface area contributed by atoms with Gasteiger partial charge in [-0.2, -0.15) is 10.4 Å². The molecule has 56 valence electrons. The first-order valence-corrected chi connectivity index (χ1v) is 4.09. The van der Waals surface area contributed by atoms with E-state index in [0.717, 1.165) is 0 Å². The maximum atomic E-state index is 11.0. The van der Waals surface area contributed by atoms with Gasteiger partial charge in [-0.3, -0.25) is 4.79 Å². The fraction of sp³-hybridized carbons (Fsp3) is 0. The van der Waals surface area contributed by atoms with Gasteiger partial charge < -0.3 is 0 Å². The van der Waals surface area contributed by atoms with Crippen LogP contribution in [0.2, 0.25) is 0 Å². The van der Waals surface area contributed by atoms with Crippen LogP contribution in [0.1, 0.15) is 0 Å². The molecule has 1 aromatic heterocycles. The van der Waals surface area contributed by atoms with Gasteiger partial charge in [0.15, 0.2) is 0 Å². The molecule has 0 saturated heterocycles. The SMILES string of the molecule is N#Cn1ncc(Br)c(Br)c1=O. The monoisotopic (exact) mass is 277 g/mol. The number of nitrogens with zero attached hydrogens (tertiary/aromatic N) is 3. The van der Waals surface area contributed by atoms with Crippen molar-refractivity contribution in [2.24, 2.45) is 0 Å². The van der Waals surface area contributed by atoms with Crippen molar-refractivity contribution in [3.63, 3.8) is 0 Å². The lowest BCUT2D eigenvalue weighted by atomic mass is 10.6. The van der Waals surface area contributed by atoms with Crippen molar-refractivity contribution < 1.29 is 0 Å². The summed E-state index contributed by atoms with van der Waals surface area (Å²) in [5.41, 5.74) is -0.470. The zero-order valence-corrected chi connectivity index (χ0v) is 8.26. The summed E-state index contributed by atoms with van der Waals surface area (Å²) in [7, 11) is 0. The molecule has 0 aromatic carbocycles. The lowest BCUT2D eigenvalue weighted by Crippen LogP contribution is -2.19. The Kier molecular flexibility index (Phi) is 2.42. The molecule has 1 rings (SSSR count). The van der Waals surface area contributed by atoms with Gasteiger partial charge in [-0.1, -0.05) is 0 Å². The minimum atomic E-state index is -0.470. The van der Waals surface area contributed by atoms with Crippen molar-refractivity contribution in [1.29, 1.82) is 5.26 Å². The first-order valence-electron chi connectivity index (χ1n) is 2.50. The number of rotatable bonds is 0. The third kappa shape index (κ3) is 1.49. The topological polar surface area (TPSA) is 58.7 Å². The second-order valence-corrected chi connectivity index (χ2v) is 3.27. The van der Waals surface area contributed by atoms with Crippen molar-refractivity contribution in [1.82, 2.24) is 9.78 Å². The van der Waals surface area contributed by atoms with E-state index in [1.165, 1.54) is 6.20 Å². The van der Waals surface area contributed by atoms with E-state index >= 15 is 0 Å². The molecule has 0 saturated carbocycles. The van der Waals surface area contributed by atoms with Gasteiger partial charge >= 0.3 is 0 Å². The average molecular weight is 279 g/mol. The second kappa shape index (κ2) is 3.15. The highest BCUT2D eigenvalue weighted by atomic mass is 79.9. The Labute approximate surface area is 78.7 Å². The highest BCUT2D eigenvalue weighted by Crippen LogP contribution is 2.15. The molecule has 0 radical (unpaired) electrons. The van der Waals surface area contributed by atoms with Gasteiger partial charge in [-0.25, -0.2) is 0 Å². The number of aromatic nitrogens is 2. The van der Waals surface area contributed by atoms with Crippen molar-refractivity contribution >= 4 is 31.9 Å². The smallest absolute Gasteiger partial charge is 0.265 e. The Morgan fingerprint density at radius 3 is 2.82 bits per heavy atom. The number of hydrogen-bond acceptors (Lipinski definition) is 3. The molecule has 6 heteroatoms. The van der Waals surface area contributed by atoms with E-state index < -0.39 is 5.56 Å². The van der Waals surface area contributed by atoms with Crippen LogP contribution in [-0.2, 0) is 0 Å². The molecule has 0 bridgehead atoms. The molecule has 0 atom stereocenters. The highest BCUT2D eigenvalue weighted by molar-refractivity contribution is 9.13. The van der Waals surface area contributed by atoms with Crippen LogP contribution in [0.15, 0.2) is 19.9 Å². The lowest BCUT2D eigenvalue weighted by Gasteiger charge is -1.93. The zero-order valence-electron chi connectivity index (χ0n) is 5.08. The maximum Gasteiger partial charge on any atom is 0.296 e. The molecule has 4 nitrogen and oxygen atoms in total. The van der Waals surface area contributed by atoms with E-state index in [9.17, 15) is 4.79 Å². The molecule has 0 fully saturated rings. The number of hydrogen-bond donors (Lipinski definition) is 0. The zero-order chi connectivity index (χ0) is 8.43. The quantitative estimate of drug-likeness (QED) is 0.714. The van der Waals surface area contributed by atoms with Crippen molar-refractivity contribution in [3.05, 3.63) is 25.5 Å². The van der Waals surface area contributed by atoms with Crippen LogP contribution in [0.25, 0.3) is 0 Å². The standard InChI is InChI=1S/C5HBr2N3O/c6-3-1-9-10(2-8)5(11)4(3)7/h1H. The molecule has 0 spiro atoms. The van der Waals surface area contributed by atoms with Crippen molar-refractivity contribution in [2.75, 3.05) is 0 Å². The van der Waals surface area contributed by atoms with Crippen LogP contribution < -0.4 is 5.56 Å². The van der Waals surface area contributed by atoms with Crippen LogP contribution in [0.3, 0.4) is 0 Å². The molecule has 1 heterocycles. The molecule has 0 aliphatic heterocycles. The highest BCUT2D eigenvalue weighted by Gasteiger charge is 2.04. The van der Waals surface area contributed by atoms with Gasteiger partial charge in [0.2, 0.25) is 6.19 Å². The Balaban J connectivity index is 3.53. The molecule has 0 amide bonds. The molecule has 11 heavy (non-hydrogen) atoms. The van der Waals surface area contributed by atoms with Gasteiger partial charge in [0.25, 0.3) is 5.56 Å². The van der Waals surface area contributed by atoms with E-state index in [4.69, 9.17) is 5.26 Å².